The summed E-state index contributed by atoms with van der Waals surface area (Å²) in [7, 11) is 0. The van der Waals surface area contributed by atoms with Gasteiger partial charge in [0.25, 0.3) is 0 Å². The van der Waals surface area contributed by atoms with Crippen molar-refractivity contribution in [1.82, 2.24) is 14.9 Å². The second-order valence-corrected chi connectivity index (χ2v) is 6.39. The normalized spacial score (nSPS) is 17.2. The molecule has 0 aliphatic carbocycles. The van der Waals surface area contributed by atoms with Gasteiger partial charge in [0, 0.05) is 25.8 Å². The van der Waals surface area contributed by atoms with Crippen LogP contribution in [-0.2, 0) is 0 Å². The Morgan fingerprint density at radius 3 is 2.85 bits per heavy atom. The van der Waals surface area contributed by atoms with Crippen molar-refractivity contribution in [1.29, 1.82) is 0 Å². The van der Waals surface area contributed by atoms with Gasteiger partial charge in [-0.3, -0.25) is 0 Å². The largest absolute Gasteiger partial charge is 0.354 e. The number of aromatic nitrogens is 2. The molecule has 20 heavy (non-hydrogen) atoms. The zero-order valence-corrected chi connectivity index (χ0v) is 14.1. The van der Waals surface area contributed by atoms with E-state index in [0.717, 1.165) is 42.0 Å². The maximum Gasteiger partial charge on any atom is 0.145 e. The monoisotopic (exact) mass is 389 g/mol. The van der Waals surface area contributed by atoms with Crippen LogP contribution in [0.5, 0.6) is 0 Å². The fraction of sp³-hybridized carbons (Fsp3) is 0.714. The maximum absolute atomic E-state index is 5.54. The Morgan fingerprint density at radius 2 is 2.05 bits per heavy atom. The average molecular weight is 389 g/mol. The topological polar surface area (TPSA) is 58.3 Å². The first-order chi connectivity index (χ1) is 9.81. The van der Waals surface area contributed by atoms with Gasteiger partial charge in [-0.25, -0.2) is 9.97 Å². The van der Waals surface area contributed by atoms with E-state index in [-0.39, 0.29) is 0 Å². The highest BCUT2D eigenvalue weighted by Gasteiger charge is 2.17. The number of nitrogens with zero attached hydrogens (tertiary/aromatic N) is 4. The van der Waals surface area contributed by atoms with Crippen LogP contribution < -0.4 is 10.6 Å². The van der Waals surface area contributed by atoms with Crippen LogP contribution in [0, 0.1) is 3.57 Å². The first kappa shape index (κ1) is 15.9. The number of nitrogens with two attached hydrogens (primary N) is 1. The lowest BCUT2D eigenvalue weighted by Gasteiger charge is -2.23. The van der Waals surface area contributed by atoms with Crippen molar-refractivity contribution in [3.05, 3.63) is 16.1 Å². The van der Waals surface area contributed by atoms with E-state index in [4.69, 9.17) is 5.73 Å². The van der Waals surface area contributed by atoms with Crippen molar-refractivity contribution in [2.45, 2.75) is 25.7 Å². The summed E-state index contributed by atoms with van der Waals surface area (Å²) >= 11 is 2.32. The highest BCUT2D eigenvalue weighted by molar-refractivity contribution is 14.1. The average Bonchev–Trinajstić information content (AvgIpc) is 2.70. The van der Waals surface area contributed by atoms with E-state index in [2.05, 4.69) is 42.4 Å². The van der Waals surface area contributed by atoms with Crippen LogP contribution in [-0.4, -0.2) is 54.1 Å². The predicted molar refractivity (Wildman–Crippen MR) is 90.9 cm³/mol. The molecule has 0 atom stereocenters. The number of unbranched alkanes of at least 4 members (excludes halogenated alkanes) is 2. The molecule has 1 aliphatic rings. The van der Waals surface area contributed by atoms with Crippen molar-refractivity contribution in [3.8, 4) is 0 Å². The fourth-order valence-corrected chi connectivity index (χ4v) is 3.24. The Morgan fingerprint density at radius 1 is 1.15 bits per heavy atom. The number of hydrogen-bond donors (Lipinski definition) is 1. The molecule has 5 nitrogen and oxygen atoms in total. The molecule has 1 aliphatic heterocycles. The number of halogens is 1. The Balaban J connectivity index is 1.82. The van der Waals surface area contributed by atoms with Crippen LogP contribution in [0.3, 0.4) is 0 Å². The molecule has 1 saturated heterocycles. The highest BCUT2D eigenvalue weighted by atomic mass is 127. The summed E-state index contributed by atoms with van der Waals surface area (Å²) in [6.45, 7) is 6.49. The zero-order chi connectivity index (χ0) is 14.2. The molecule has 2 rings (SSSR count). The Kier molecular flexibility index (Phi) is 6.95. The van der Waals surface area contributed by atoms with Crippen LogP contribution in [0.2, 0.25) is 0 Å². The number of anilines is 1. The molecule has 0 bridgehead atoms. The van der Waals surface area contributed by atoms with Gasteiger partial charge in [-0.1, -0.05) is 6.42 Å². The minimum Gasteiger partial charge on any atom is -0.354 e. The third-order valence-electron chi connectivity index (χ3n) is 3.71. The number of hydrogen-bond acceptors (Lipinski definition) is 5. The van der Waals surface area contributed by atoms with Gasteiger partial charge >= 0.3 is 0 Å². The van der Waals surface area contributed by atoms with Crippen molar-refractivity contribution in [2.24, 2.45) is 5.73 Å². The second-order valence-electron chi connectivity index (χ2n) is 5.23. The molecule has 0 saturated carbocycles. The first-order valence-corrected chi connectivity index (χ1v) is 8.52. The lowest BCUT2D eigenvalue weighted by atomic mass is 10.2. The third-order valence-corrected chi connectivity index (χ3v) is 4.48. The van der Waals surface area contributed by atoms with Crippen LogP contribution in [0.15, 0.2) is 12.5 Å². The summed E-state index contributed by atoms with van der Waals surface area (Å²) in [6.07, 6.45) is 8.41. The molecule has 112 valence electrons. The molecule has 0 unspecified atom stereocenters. The molecule has 1 aromatic heterocycles. The lowest BCUT2D eigenvalue weighted by Crippen LogP contribution is -2.32. The Labute approximate surface area is 135 Å². The summed E-state index contributed by atoms with van der Waals surface area (Å²) in [4.78, 5) is 13.5. The van der Waals surface area contributed by atoms with Gasteiger partial charge in [-0.2, -0.15) is 0 Å². The molecular formula is C14H24IN5. The van der Waals surface area contributed by atoms with Gasteiger partial charge in [-0.05, 0) is 61.5 Å². The SMILES string of the molecule is NCCCCCN1CCCN(c2ncncc2I)CC1. The Hall–Kier alpha value is -0.470. The van der Waals surface area contributed by atoms with E-state index in [9.17, 15) is 0 Å². The van der Waals surface area contributed by atoms with Crippen LogP contribution in [0.4, 0.5) is 5.82 Å². The number of rotatable bonds is 6. The zero-order valence-electron chi connectivity index (χ0n) is 12.0. The van der Waals surface area contributed by atoms with E-state index in [1.54, 1.807) is 6.33 Å². The van der Waals surface area contributed by atoms with Gasteiger partial charge in [0.05, 0.1) is 3.57 Å². The smallest absolute Gasteiger partial charge is 0.145 e. The molecule has 1 aromatic rings. The molecular weight excluding hydrogens is 365 g/mol. The summed E-state index contributed by atoms with van der Waals surface area (Å²) < 4.78 is 1.14. The molecule has 6 heteroatoms. The quantitative estimate of drug-likeness (QED) is 0.593. The van der Waals surface area contributed by atoms with Gasteiger partial charge in [0.15, 0.2) is 0 Å². The fourth-order valence-electron chi connectivity index (χ4n) is 2.60. The summed E-state index contributed by atoms with van der Waals surface area (Å²) in [5, 5.41) is 0. The van der Waals surface area contributed by atoms with Gasteiger partial charge in [0.2, 0.25) is 0 Å². The van der Waals surface area contributed by atoms with Crippen molar-refractivity contribution in [2.75, 3.05) is 44.2 Å². The minimum atomic E-state index is 0.819. The summed E-state index contributed by atoms with van der Waals surface area (Å²) in [5.41, 5.74) is 5.54. The molecule has 0 aromatic carbocycles. The highest BCUT2D eigenvalue weighted by Crippen LogP contribution is 2.19. The van der Waals surface area contributed by atoms with Gasteiger partial charge in [0.1, 0.15) is 12.1 Å². The van der Waals surface area contributed by atoms with Crippen molar-refractivity contribution in [3.63, 3.8) is 0 Å². The molecule has 0 amide bonds. The summed E-state index contributed by atoms with van der Waals surface area (Å²) in [6, 6.07) is 0. The van der Waals surface area contributed by atoms with E-state index < -0.39 is 0 Å². The molecule has 2 N–H and O–H groups in total. The first-order valence-electron chi connectivity index (χ1n) is 7.44. The summed E-state index contributed by atoms with van der Waals surface area (Å²) in [5.74, 6) is 1.09. The third kappa shape index (κ3) is 4.82. The van der Waals surface area contributed by atoms with E-state index >= 15 is 0 Å². The Bertz CT molecular complexity index is 401. The standard InChI is InChI=1S/C14H24IN5/c15-13-11-17-12-18-14(13)20-8-4-7-19(9-10-20)6-3-1-2-5-16/h11-12H,1-10,16H2. The van der Waals surface area contributed by atoms with E-state index in [1.807, 2.05) is 6.20 Å². The minimum absolute atomic E-state index is 0.819. The van der Waals surface area contributed by atoms with Crippen molar-refractivity contribution >= 4 is 28.4 Å². The van der Waals surface area contributed by atoms with Crippen LogP contribution >= 0.6 is 22.6 Å². The van der Waals surface area contributed by atoms with Crippen molar-refractivity contribution < 1.29 is 0 Å². The van der Waals surface area contributed by atoms with Gasteiger partial charge in [-0.15, -0.1) is 0 Å². The predicted octanol–water partition coefficient (Wildman–Crippen LogP) is 1.72. The maximum atomic E-state index is 5.54. The van der Waals surface area contributed by atoms with E-state index in [0.29, 0.717) is 0 Å². The lowest BCUT2D eigenvalue weighted by molar-refractivity contribution is 0.286. The van der Waals surface area contributed by atoms with E-state index in [1.165, 1.54) is 32.4 Å². The van der Waals surface area contributed by atoms with Crippen LogP contribution in [0.1, 0.15) is 25.7 Å². The van der Waals surface area contributed by atoms with Crippen LogP contribution in [0.25, 0.3) is 0 Å². The second kappa shape index (κ2) is 8.74. The molecule has 1 fully saturated rings. The molecule has 2 heterocycles. The van der Waals surface area contributed by atoms with Gasteiger partial charge < -0.3 is 15.5 Å². The molecule has 0 spiro atoms. The molecule has 0 radical (unpaired) electrons.